The predicted octanol–water partition coefficient (Wildman–Crippen LogP) is 0.987. The zero-order valence-corrected chi connectivity index (χ0v) is 11.9. The number of hydrogen-bond acceptors (Lipinski definition) is 6. The van der Waals surface area contributed by atoms with Gasteiger partial charge in [-0.15, -0.1) is 0 Å². The van der Waals surface area contributed by atoms with E-state index in [1.54, 1.807) is 11.8 Å². The number of ether oxygens (including phenoxy) is 2. The van der Waals surface area contributed by atoms with Crippen molar-refractivity contribution >= 4 is 29.3 Å². The molecule has 0 saturated carbocycles. The highest BCUT2D eigenvalue weighted by Crippen LogP contribution is 2.27. The maximum absolute atomic E-state index is 12.1. The van der Waals surface area contributed by atoms with Crippen LogP contribution >= 0.6 is 11.8 Å². The topological polar surface area (TPSA) is 69.7 Å². The first-order valence-corrected chi connectivity index (χ1v) is 7.75. The second-order valence-corrected chi connectivity index (χ2v) is 6.22. The number of Topliss-reactive ketones (excluding diaryl/α,β-unsaturated/α-hetero) is 2. The average molecular weight is 286 g/mol. The molecule has 2 aliphatic rings. The van der Waals surface area contributed by atoms with Gasteiger partial charge in [-0.05, 0) is 19.1 Å². The van der Waals surface area contributed by atoms with Crippen molar-refractivity contribution in [3.63, 3.8) is 0 Å². The Hall–Kier alpha value is -0.880. The lowest BCUT2D eigenvalue weighted by Gasteiger charge is -2.12. The summed E-state index contributed by atoms with van der Waals surface area (Å²) in [5.74, 6) is -2.79. The summed E-state index contributed by atoms with van der Waals surface area (Å²) in [6.07, 6.45) is 2.38. The Morgan fingerprint density at radius 2 is 2.21 bits per heavy atom. The SMILES string of the molecule is CSC(C)CC1OC(=O)C(C(=O)C2CCCO2)C1=O. The molecule has 0 aromatic heterocycles. The fourth-order valence-electron chi connectivity index (χ4n) is 2.37. The van der Waals surface area contributed by atoms with Gasteiger partial charge in [-0.2, -0.15) is 11.8 Å². The Balaban J connectivity index is 2.03. The third-order valence-electron chi connectivity index (χ3n) is 3.58. The van der Waals surface area contributed by atoms with E-state index < -0.39 is 35.7 Å². The number of ketones is 2. The van der Waals surface area contributed by atoms with Gasteiger partial charge in [0.05, 0.1) is 0 Å². The van der Waals surface area contributed by atoms with E-state index in [0.717, 1.165) is 6.42 Å². The summed E-state index contributed by atoms with van der Waals surface area (Å²) in [4.78, 5) is 36.0. The van der Waals surface area contributed by atoms with E-state index in [2.05, 4.69) is 0 Å². The molecule has 0 radical (unpaired) electrons. The molecular weight excluding hydrogens is 268 g/mol. The first-order chi connectivity index (χ1) is 9.04. The van der Waals surface area contributed by atoms with Crippen molar-refractivity contribution in [1.29, 1.82) is 0 Å². The van der Waals surface area contributed by atoms with Gasteiger partial charge in [-0.25, -0.2) is 0 Å². The van der Waals surface area contributed by atoms with Gasteiger partial charge < -0.3 is 9.47 Å². The Labute approximate surface area is 116 Å². The van der Waals surface area contributed by atoms with Crippen LogP contribution in [0.4, 0.5) is 0 Å². The zero-order chi connectivity index (χ0) is 14.0. The van der Waals surface area contributed by atoms with Crippen molar-refractivity contribution in [2.75, 3.05) is 12.9 Å². The van der Waals surface area contributed by atoms with Gasteiger partial charge in [0.25, 0.3) is 0 Å². The molecule has 4 atom stereocenters. The van der Waals surface area contributed by atoms with Gasteiger partial charge in [0.2, 0.25) is 0 Å². The molecule has 0 amide bonds. The normalized spacial score (nSPS) is 32.4. The highest BCUT2D eigenvalue weighted by molar-refractivity contribution is 7.99. The fourth-order valence-corrected chi connectivity index (χ4v) is 2.74. The van der Waals surface area contributed by atoms with Crippen LogP contribution in [0.15, 0.2) is 0 Å². The summed E-state index contributed by atoms with van der Waals surface area (Å²) in [6.45, 7) is 2.47. The van der Waals surface area contributed by atoms with Gasteiger partial charge in [0.1, 0.15) is 6.10 Å². The highest BCUT2D eigenvalue weighted by atomic mass is 32.2. The lowest BCUT2D eigenvalue weighted by atomic mass is 9.92. The number of esters is 1. The number of carbonyl (C=O) groups is 3. The highest BCUT2D eigenvalue weighted by Gasteiger charge is 2.50. The van der Waals surface area contributed by atoms with Crippen molar-refractivity contribution < 1.29 is 23.9 Å². The smallest absolute Gasteiger partial charge is 0.325 e. The van der Waals surface area contributed by atoms with Crippen LogP contribution in [0.5, 0.6) is 0 Å². The van der Waals surface area contributed by atoms with E-state index in [0.29, 0.717) is 19.4 Å². The summed E-state index contributed by atoms with van der Waals surface area (Å²) in [5, 5.41) is 0.207. The molecule has 0 aromatic rings. The second kappa shape index (κ2) is 6.05. The average Bonchev–Trinajstić information content (AvgIpc) is 2.99. The Morgan fingerprint density at radius 1 is 1.47 bits per heavy atom. The first kappa shape index (κ1) is 14.5. The van der Waals surface area contributed by atoms with Crippen LogP contribution in [0, 0.1) is 5.92 Å². The van der Waals surface area contributed by atoms with E-state index in [9.17, 15) is 14.4 Å². The van der Waals surface area contributed by atoms with E-state index in [1.807, 2.05) is 13.2 Å². The summed E-state index contributed by atoms with van der Waals surface area (Å²) in [5.41, 5.74) is 0. The minimum absolute atomic E-state index is 0.207. The van der Waals surface area contributed by atoms with Crippen molar-refractivity contribution in [3.05, 3.63) is 0 Å². The predicted molar refractivity (Wildman–Crippen MR) is 70.0 cm³/mol. The minimum Gasteiger partial charge on any atom is -0.453 e. The summed E-state index contributed by atoms with van der Waals surface area (Å²) in [7, 11) is 0. The van der Waals surface area contributed by atoms with Crippen LogP contribution in [0.2, 0.25) is 0 Å². The lowest BCUT2D eigenvalue weighted by molar-refractivity contribution is -0.149. The Bertz CT molecular complexity index is 388. The van der Waals surface area contributed by atoms with Gasteiger partial charge in [0.15, 0.2) is 23.6 Å². The van der Waals surface area contributed by atoms with Crippen LogP contribution in [-0.2, 0) is 23.9 Å². The molecule has 2 rings (SSSR count). The largest absolute Gasteiger partial charge is 0.453 e. The molecule has 0 aliphatic carbocycles. The molecule has 106 valence electrons. The Kier molecular flexibility index (Phi) is 4.62. The molecule has 0 N–H and O–H groups in total. The van der Waals surface area contributed by atoms with E-state index >= 15 is 0 Å². The lowest BCUT2D eigenvalue weighted by Crippen LogP contribution is -2.35. The van der Waals surface area contributed by atoms with Crippen molar-refractivity contribution in [3.8, 4) is 0 Å². The third-order valence-corrected chi connectivity index (χ3v) is 4.57. The zero-order valence-electron chi connectivity index (χ0n) is 11.1. The molecular formula is C13H18O5S. The molecule has 2 fully saturated rings. The standard InChI is InChI=1S/C13H18O5S/c1-7(19-2)6-9-12(15)10(13(16)18-9)11(14)8-4-3-5-17-8/h7-10H,3-6H2,1-2H3. The minimum atomic E-state index is -1.26. The van der Waals surface area contributed by atoms with Crippen LogP contribution in [-0.4, -0.2) is 47.9 Å². The van der Waals surface area contributed by atoms with Gasteiger partial charge in [-0.1, -0.05) is 6.92 Å². The van der Waals surface area contributed by atoms with Gasteiger partial charge >= 0.3 is 5.97 Å². The van der Waals surface area contributed by atoms with Crippen LogP contribution in [0.1, 0.15) is 26.2 Å². The maximum atomic E-state index is 12.1. The van der Waals surface area contributed by atoms with Crippen LogP contribution in [0.25, 0.3) is 0 Å². The maximum Gasteiger partial charge on any atom is 0.325 e. The van der Waals surface area contributed by atoms with Gasteiger partial charge in [0, 0.05) is 18.3 Å². The molecule has 5 nitrogen and oxygen atoms in total. The number of carbonyl (C=O) groups excluding carboxylic acids is 3. The summed E-state index contributed by atoms with van der Waals surface area (Å²) >= 11 is 1.60. The molecule has 6 heteroatoms. The third kappa shape index (κ3) is 3.00. The van der Waals surface area contributed by atoms with E-state index in [-0.39, 0.29) is 5.25 Å². The fraction of sp³-hybridized carbons (Fsp3) is 0.769. The van der Waals surface area contributed by atoms with Crippen molar-refractivity contribution in [2.24, 2.45) is 5.92 Å². The second-order valence-electron chi connectivity index (χ2n) is 4.95. The molecule has 19 heavy (non-hydrogen) atoms. The molecule has 0 bridgehead atoms. The van der Waals surface area contributed by atoms with Crippen molar-refractivity contribution in [1.82, 2.24) is 0 Å². The number of thioether (sulfide) groups is 1. The molecule has 4 unspecified atom stereocenters. The van der Waals surface area contributed by atoms with Crippen LogP contribution in [0.3, 0.4) is 0 Å². The quantitative estimate of drug-likeness (QED) is 0.554. The van der Waals surface area contributed by atoms with Crippen LogP contribution < -0.4 is 0 Å². The monoisotopic (exact) mass is 286 g/mol. The molecule has 0 spiro atoms. The summed E-state index contributed by atoms with van der Waals surface area (Å²) in [6, 6.07) is 0. The molecule has 2 aliphatic heterocycles. The first-order valence-electron chi connectivity index (χ1n) is 6.47. The molecule has 0 aromatic carbocycles. The molecule has 2 heterocycles. The number of hydrogen-bond donors (Lipinski definition) is 0. The van der Waals surface area contributed by atoms with E-state index in [1.165, 1.54) is 0 Å². The number of rotatable bonds is 5. The molecule has 2 saturated heterocycles. The summed E-state index contributed by atoms with van der Waals surface area (Å²) < 4.78 is 10.3. The van der Waals surface area contributed by atoms with Crippen molar-refractivity contribution in [2.45, 2.75) is 43.6 Å². The van der Waals surface area contributed by atoms with E-state index in [4.69, 9.17) is 9.47 Å². The van der Waals surface area contributed by atoms with Gasteiger partial charge in [-0.3, -0.25) is 14.4 Å². The Morgan fingerprint density at radius 3 is 2.79 bits per heavy atom. The number of cyclic esters (lactones) is 1.